The average Bonchev–Trinajstić information content (AvgIpc) is 2.23. The molecule has 0 N–H and O–H groups in total. The Morgan fingerprint density at radius 1 is 1.33 bits per heavy atom. The van der Waals surface area contributed by atoms with Crippen LogP contribution in [0.15, 0.2) is 6.20 Å². The zero-order valence-electron chi connectivity index (χ0n) is 9.84. The Balaban J connectivity index is 2.89. The van der Waals surface area contributed by atoms with Crippen LogP contribution in [0.5, 0.6) is 0 Å². The Labute approximate surface area is 91.7 Å². The third kappa shape index (κ3) is 2.88. The highest BCUT2D eigenvalue weighted by Crippen LogP contribution is 2.17. The third-order valence-corrected chi connectivity index (χ3v) is 2.88. The van der Waals surface area contributed by atoms with Crippen molar-refractivity contribution in [2.75, 3.05) is 0 Å². The van der Waals surface area contributed by atoms with E-state index in [2.05, 4.69) is 11.9 Å². The number of unbranched alkanes of at least 4 members (excludes halogenated alkanes) is 2. The Kier molecular flexibility index (Phi) is 4.47. The fraction of sp³-hybridized carbons (Fsp3) is 0.538. The van der Waals surface area contributed by atoms with E-state index in [0.717, 1.165) is 29.5 Å². The van der Waals surface area contributed by atoms with Gasteiger partial charge in [-0.1, -0.05) is 19.8 Å². The summed E-state index contributed by atoms with van der Waals surface area (Å²) in [7, 11) is 0. The fourth-order valence-corrected chi connectivity index (χ4v) is 1.83. The van der Waals surface area contributed by atoms with E-state index in [-0.39, 0.29) is 0 Å². The minimum Gasteiger partial charge on any atom is -0.298 e. The molecular weight excluding hydrogens is 186 g/mol. The number of aromatic nitrogens is 1. The lowest BCUT2D eigenvalue weighted by Crippen LogP contribution is -2.01. The summed E-state index contributed by atoms with van der Waals surface area (Å²) in [5.41, 5.74) is 4.16. The molecule has 1 rings (SSSR count). The van der Waals surface area contributed by atoms with Crippen molar-refractivity contribution in [1.82, 2.24) is 4.98 Å². The van der Waals surface area contributed by atoms with Gasteiger partial charge in [0.25, 0.3) is 0 Å². The van der Waals surface area contributed by atoms with Gasteiger partial charge in [0.2, 0.25) is 0 Å². The van der Waals surface area contributed by atoms with Gasteiger partial charge in [0.15, 0.2) is 6.29 Å². The van der Waals surface area contributed by atoms with Crippen molar-refractivity contribution in [2.45, 2.75) is 46.5 Å². The van der Waals surface area contributed by atoms with Gasteiger partial charge in [0.05, 0.1) is 0 Å². The summed E-state index contributed by atoms with van der Waals surface area (Å²) >= 11 is 0. The molecule has 0 aromatic carbocycles. The SMILES string of the molecule is CCCCCc1c(C)ncc(C=O)c1C. The van der Waals surface area contributed by atoms with E-state index in [9.17, 15) is 4.79 Å². The Morgan fingerprint density at radius 3 is 2.67 bits per heavy atom. The number of carbonyl (C=O) groups is 1. The van der Waals surface area contributed by atoms with Crippen molar-refractivity contribution in [3.05, 3.63) is 28.6 Å². The number of carbonyl (C=O) groups excluding carboxylic acids is 1. The molecule has 0 aliphatic heterocycles. The molecule has 0 saturated carbocycles. The summed E-state index contributed by atoms with van der Waals surface area (Å²) in [6, 6.07) is 0. The van der Waals surface area contributed by atoms with Crippen LogP contribution in [0.25, 0.3) is 0 Å². The molecule has 0 spiro atoms. The van der Waals surface area contributed by atoms with E-state index in [4.69, 9.17) is 0 Å². The largest absolute Gasteiger partial charge is 0.298 e. The molecule has 0 saturated heterocycles. The van der Waals surface area contributed by atoms with Gasteiger partial charge in [-0.3, -0.25) is 9.78 Å². The Hall–Kier alpha value is -1.18. The molecule has 0 aliphatic rings. The van der Waals surface area contributed by atoms with Crippen LogP contribution in [0, 0.1) is 13.8 Å². The zero-order chi connectivity index (χ0) is 11.3. The van der Waals surface area contributed by atoms with Crippen LogP contribution in [-0.4, -0.2) is 11.3 Å². The van der Waals surface area contributed by atoms with E-state index >= 15 is 0 Å². The van der Waals surface area contributed by atoms with Gasteiger partial charge in [0.1, 0.15) is 0 Å². The Morgan fingerprint density at radius 2 is 2.07 bits per heavy atom. The van der Waals surface area contributed by atoms with Gasteiger partial charge in [-0.05, 0) is 37.8 Å². The fourth-order valence-electron chi connectivity index (χ4n) is 1.83. The van der Waals surface area contributed by atoms with Crippen molar-refractivity contribution in [3.8, 4) is 0 Å². The molecule has 1 aromatic heterocycles. The first-order valence-corrected chi connectivity index (χ1v) is 5.61. The second kappa shape index (κ2) is 5.64. The second-order valence-corrected chi connectivity index (χ2v) is 3.98. The molecule has 2 heteroatoms. The summed E-state index contributed by atoms with van der Waals surface area (Å²) in [6.45, 7) is 6.22. The molecule has 82 valence electrons. The van der Waals surface area contributed by atoms with Gasteiger partial charge in [-0.2, -0.15) is 0 Å². The minimum absolute atomic E-state index is 0.729. The van der Waals surface area contributed by atoms with Gasteiger partial charge in [0, 0.05) is 17.5 Å². The number of hydrogen-bond acceptors (Lipinski definition) is 2. The van der Waals surface area contributed by atoms with Crippen LogP contribution in [0.2, 0.25) is 0 Å². The summed E-state index contributed by atoms with van der Waals surface area (Å²) in [4.78, 5) is 15.0. The predicted octanol–water partition coefficient (Wildman–Crippen LogP) is 3.24. The van der Waals surface area contributed by atoms with Gasteiger partial charge in [-0.25, -0.2) is 0 Å². The molecule has 1 heterocycles. The van der Waals surface area contributed by atoms with E-state index < -0.39 is 0 Å². The third-order valence-electron chi connectivity index (χ3n) is 2.88. The molecule has 0 fully saturated rings. The van der Waals surface area contributed by atoms with Crippen molar-refractivity contribution in [2.24, 2.45) is 0 Å². The van der Waals surface area contributed by atoms with Crippen LogP contribution < -0.4 is 0 Å². The quantitative estimate of drug-likeness (QED) is 0.545. The lowest BCUT2D eigenvalue weighted by Gasteiger charge is -2.10. The summed E-state index contributed by atoms with van der Waals surface area (Å²) < 4.78 is 0. The topological polar surface area (TPSA) is 30.0 Å². The summed E-state index contributed by atoms with van der Waals surface area (Å²) in [5, 5.41) is 0. The number of pyridine rings is 1. The highest BCUT2D eigenvalue weighted by atomic mass is 16.1. The smallest absolute Gasteiger partial charge is 0.151 e. The van der Waals surface area contributed by atoms with Crippen LogP contribution in [-0.2, 0) is 6.42 Å². The molecule has 1 aromatic rings. The van der Waals surface area contributed by atoms with Crippen LogP contribution in [0.3, 0.4) is 0 Å². The highest BCUT2D eigenvalue weighted by molar-refractivity contribution is 5.77. The molecule has 0 unspecified atom stereocenters. The first kappa shape index (κ1) is 11.9. The molecule has 0 atom stereocenters. The maximum Gasteiger partial charge on any atom is 0.151 e. The van der Waals surface area contributed by atoms with Crippen molar-refractivity contribution in [1.29, 1.82) is 0 Å². The van der Waals surface area contributed by atoms with Crippen LogP contribution >= 0.6 is 0 Å². The van der Waals surface area contributed by atoms with Crippen LogP contribution in [0.1, 0.15) is 53.4 Å². The number of aryl methyl sites for hydroxylation is 1. The average molecular weight is 205 g/mol. The van der Waals surface area contributed by atoms with Gasteiger partial charge in [-0.15, -0.1) is 0 Å². The molecular formula is C13H19NO. The molecule has 0 amide bonds. The maximum absolute atomic E-state index is 10.8. The zero-order valence-corrected chi connectivity index (χ0v) is 9.84. The maximum atomic E-state index is 10.8. The van der Waals surface area contributed by atoms with Gasteiger partial charge >= 0.3 is 0 Å². The number of rotatable bonds is 5. The van der Waals surface area contributed by atoms with Gasteiger partial charge < -0.3 is 0 Å². The minimum atomic E-state index is 0.729. The first-order chi connectivity index (χ1) is 7.20. The van der Waals surface area contributed by atoms with E-state index in [1.165, 1.54) is 24.8 Å². The van der Waals surface area contributed by atoms with Crippen LogP contribution in [0.4, 0.5) is 0 Å². The lowest BCUT2D eigenvalue weighted by molar-refractivity contribution is 0.112. The number of aldehydes is 1. The van der Waals surface area contributed by atoms with Crippen molar-refractivity contribution >= 4 is 6.29 Å². The molecule has 0 aliphatic carbocycles. The highest BCUT2D eigenvalue weighted by Gasteiger charge is 2.07. The summed E-state index contributed by atoms with van der Waals surface area (Å²) in [5.74, 6) is 0. The first-order valence-electron chi connectivity index (χ1n) is 5.61. The standard InChI is InChI=1S/C13H19NO/c1-4-5-6-7-13-10(2)12(9-15)8-14-11(13)3/h8-9H,4-7H2,1-3H3. The molecule has 0 radical (unpaired) electrons. The predicted molar refractivity (Wildman–Crippen MR) is 62.3 cm³/mol. The lowest BCUT2D eigenvalue weighted by atomic mass is 9.98. The van der Waals surface area contributed by atoms with E-state index in [1.54, 1.807) is 6.20 Å². The second-order valence-electron chi connectivity index (χ2n) is 3.98. The van der Waals surface area contributed by atoms with Crippen molar-refractivity contribution < 1.29 is 4.79 Å². The van der Waals surface area contributed by atoms with E-state index in [1.807, 2.05) is 13.8 Å². The normalized spacial score (nSPS) is 10.3. The Bertz CT molecular complexity index is 345. The molecule has 0 bridgehead atoms. The number of hydrogen-bond donors (Lipinski definition) is 0. The molecule has 2 nitrogen and oxygen atoms in total. The van der Waals surface area contributed by atoms with Crippen molar-refractivity contribution in [3.63, 3.8) is 0 Å². The van der Waals surface area contributed by atoms with E-state index in [0.29, 0.717) is 0 Å². The number of nitrogens with zero attached hydrogens (tertiary/aromatic N) is 1. The summed E-state index contributed by atoms with van der Waals surface area (Å²) in [6.07, 6.45) is 7.25. The molecule has 15 heavy (non-hydrogen) atoms. The monoisotopic (exact) mass is 205 g/mol.